The van der Waals surface area contributed by atoms with Gasteiger partial charge >= 0.3 is 0 Å². The summed E-state index contributed by atoms with van der Waals surface area (Å²) in [7, 11) is -3.56. The predicted octanol–water partition coefficient (Wildman–Crippen LogP) is 4.32. The molecule has 7 heteroatoms. The summed E-state index contributed by atoms with van der Waals surface area (Å²) in [6.07, 6.45) is 1.84. The van der Waals surface area contributed by atoms with E-state index in [1.54, 1.807) is 12.1 Å². The van der Waals surface area contributed by atoms with Crippen LogP contribution in [-0.4, -0.2) is 31.7 Å². The molecule has 1 atom stereocenters. The molecule has 3 rings (SSSR count). The minimum Gasteiger partial charge on any atom is -0.349 e. The lowest BCUT2D eigenvalue weighted by molar-refractivity contribution is -0.126. The van der Waals surface area contributed by atoms with Crippen LogP contribution in [0.4, 0.5) is 0 Å². The Balaban J connectivity index is 1.60. The van der Waals surface area contributed by atoms with Gasteiger partial charge in [0.25, 0.3) is 0 Å². The molecule has 0 aliphatic carbocycles. The number of halogens is 1. The van der Waals surface area contributed by atoms with Crippen molar-refractivity contribution >= 4 is 27.5 Å². The molecule has 1 saturated heterocycles. The lowest BCUT2D eigenvalue weighted by atomic mass is 9.95. The van der Waals surface area contributed by atoms with Gasteiger partial charge in [-0.2, -0.15) is 4.31 Å². The number of amides is 1. The van der Waals surface area contributed by atoms with E-state index in [1.807, 2.05) is 38.1 Å². The molecule has 1 N–H and O–H groups in total. The minimum absolute atomic E-state index is 0.000894. The molecule has 1 fully saturated rings. The lowest BCUT2D eigenvalue weighted by Crippen LogP contribution is -2.43. The average molecular weight is 435 g/mol. The highest BCUT2D eigenvalue weighted by atomic mass is 35.5. The fourth-order valence-corrected chi connectivity index (χ4v) is 5.22. The second-order valence-corrected chi connectivity index (χ2v) is 9.89. The van der Waals surface area contributed by atoms with Crippen LogP contribution < -0.4 is 5.32 Å². The monoisotopic (exact) mass is 434 g/mol. The molecule has 1 aliphatic heterocycles. The summed E-state index contributed by atoms with van der Waals surface area (Å²) in [5, 5.41) is 3.64. The standard InChI is InChI=1S/C22H27ClN2O3S/c1-3-21(17-6-4-16(2)5-7-17)24-22(26)18-12-14-25(15-13-18)29(27,28)20-10-8-19(23)9-11-20/h4-11,18,21H,3,12-15H2,1-2H3,(H,24,26)/t21-/m1/s1. The molecule has 0 radical (unpaired) electrons. The predicted molar refractivity (Wildman–Crippen MR) is 115 cm³/mol. The third kappa shape index (κ3) is 5.18. The van der Waals surface area contributed by atoms with Gasteiger partial charge in [-0.15, -0.1) is 0 Å². The van der Waals surface area contributed by atoms with E-state index in [0.29, 0.717) is 31.0 Å². The summed E-state index contributed by atoms with van der Waals surface area (Å²) in [6.45, 7) is 4.76. The quantitative estimate of drug-likeness (QED) is 0.736. The first-order chi connectivity index (χ1) is 13.8. The van der Waals surface area contributed by atoms with Crippen molar-refractivity contribution in [3.05, 3.63) is 64.7 Å². The van der Waals surface area contributed by atoms with Gasteiger partial charge < -0.3 is 5.32 Å². The Bertz CT molecular complexity index is 935. The summed E-state index contributed by atoms with van der Waals surface area (Å²) >= 11 is 5.85. The highest BCUT2D eigenvalue weighted by molar-refractivity contribution is 7.89. The minimum atomic E-state index is -3.56. The zero-order valence-corrected chi connectivity index (χ0v) is 18.3. The summed E-state index contributed by atoms with van der Waals surface area (Å²) < 4.78 is 27.0. The van der Waals surface area contributed by atoms with Gasteiger partial charge in [0, 0.05) is 24.0 Å². The van der Waals surface area contributed by atoms with Crippen molar-refractivity contribution in [3.8, 4) is 0 Å². The van der Waals surface area contributed by atoms with Crippen LogP contribution in [0.2, 0.25) is 5.02 Å². The van der Waals surface area contributed by atoms with Gasteiger partial charge in [0.2, 0.25) is 15.9 Å². The molecule has 0 aromatic heterocycles. The van der Waals surface area contributed by atoms with Crippen molar-refractivity contribution < 1.29 is 13.2 Å². The van der Waals surface area contributed by atoms with Crippen molar-refractivity contribution in [2.24, 2.45) is 5.92 Å². The number of sulfonamides is 1. The van der Waals surface area contributed by atoms with Gasteiger partial charge in [0.15, 0.2) is 0 Å². The Morgan fingerprint density at radius 2 is 1.69 bits per heavy atom. The highest BCUT2D eigenvalue weighted by Gasteiger charge is 2.32. The van der Waals surface area contributed by atoms with Gasteiger partial charge in [-0.05, 0) is 56.0 Å². The Kier molecular flexibility index (Phi) is 6.98. The molecule has 0 bridgehead atoms. The molecule has 1 heterocycles. The van der Waals surface area contributed by atoms with Crippen LogP contribution >= 0.6 is 11.6 Å². The van der Waals surface area contributed by atoms with Crippen LogP contribution in [0.1, 0.15) is 43.4 Å². The van der Waals surface area contributed by atoms with Crippen LogP contribution in [0.15, 0.2) is 53.4 Å². The molecular formula is C22H27ClN2O3S. The maximum atomic E-state index is 12.8. The highest BCUT2D eigenvalue weighted by Crippen LogP contribution is 2.26. The molecule has 0 unspecified atom stereocenters. The normalized spacial score (nSPS) is 17.1. The summed E-state index contributed by atoms with van der Waals surface area (Å²) in [4.78, 5) is 13.0. The molecule has 29 heavy (non-hydrogen) atoms. The van der Waals surface area contributed by atoms with Gasteiger partial charge in [-0.25, -0.2) is 8.42 Å². The van der Waals surface area contributed by atoms with E-state index in [0.717, 1.165) is 12.0 Å². The summed E-state index contributed by atoms with van der Waals surface area (Å²) in [5.74, 6) is -0.174. The Morgan fingerprint density at radius 3 is 2.24 bits per heavy atom. The number of nitrogens with zero attached hydrogens (tertiary/aromatic N) is 1. The van der Waals surface area contributed by atoms with E-state index in [4.69, 9.17) is 11.6 Å². The van der Waals surface area contributed by atoms with Crippen LogP contribution in [0.3, 0.4) is 0 Å². The zero-order valence-electron chi connectivity index (χ0n) is 16.8. The molecule has 1 aliphatic rings. The first-order valence-corrected chi connectivity index (χ1v) is 11.8. The van der Waals surface area contributed by atoms with Crippen LogP contribution in [-0.2, 0) is 14.8 Å². The average Bonchev–Trinajstić information content (AvgIpc) is 2.73. The van der Waals surface area contributed by atoms with Crippen LogP contribution in [0, 0.1) is 12.8 Å². The molecule has 1 amide bonds. The topological polar surface area (TPSA) is 66.5 Å². The third-order valence-electron chi connectivity index (χ3n) is 5.48. The largest absolute Gasteiger partial charge is 0.349 e. The first kappa shape index (κ1) is 21.8. The summed E-state index contributed by atoms with van der Waals surface area (Å²) in [5.41, 5.74) is 2.28. The van der Waals surface area contributed by atoms with Crippen LogP contribution in [0.25, 0.3) is 0 Å². The number of piperidine rings is 1. The number of carbonyl (C=O) groups is 1. The number of rotatable bonds is 6. The first-order valence-electron chi connectivity index (χ1n) is 9.94. The van der Waals surface area contributed by atoms with E-state index in [1.165, 1.54) is 22.0 Å². The van der Waals surface area contributed by atoms with E-state index in [2.05, 4.69) is 5.32 Å². The van der Waals surface area contributed by atoms with Gasteiger partial charge in [-0.3, -0.25) is 4.79 Å². The van der Waals surface area contributed by atoms with Gasteiger partial charge in [0.1, 0.15) is 0 Å². The molecule has 156 valence electrons. The van der Waals surface area contributed by atoms with Crippen molar-refractivity contribution in [1.29, 1.82) is 0 Å². The van der Waals surface area contributed by atoms with Crippen molar-refractivity contribution in [2.45, 2.75) is 44.0 Å². The maximum Gasteiger partial charge on any atom is 0.243 e. The fourth-order valence-electron chi connectivity index (χ4n) is 3.62. The second kappa shape index (κ2) is 9.28. The maximum absolute atomic E-state index is 12.8. The third-order valence-corrected chi connectivity index (χ3v) is 7.65. The molecule has 0 spiro atoms. The number of carbonyl (C=O) groups excluding carboxylic acids is 1. The smallest absolute Gasteiger partial charge is 0.243 e. The van der Waals surface area contributed by atoms with E-state index in [-0.39, 0.29) is 22.8 Å². The molecule has 0 saturated carbocycles. The van der Waals surface area contributed by atoms with Crippen LogP contribution in [0.5, 0.6) is 0 Å². The van der Waals surface area contributed by atoms with E-state index < -0.39 is 10.0 Å². The van der Waals surface area contributed by atoms with Crippen molar-refractivity contribution in [2.75, 3.05) is 13.1 Å². The Hall–Kier alpha value is -1.89. The molecule has 2 aromatic rings. The molecule has 5 nitrogen and oxygen atoms in total. The van der Waals surface area contributed by atoms with Crippen molar-refractivity contribution in [3.63, 3.8) is 0 Å². The second-order valence-electron chi connectivity index (χ2n) is 7.51. The van der Waals surface area contributed by atoms with Crippen molar-refractivity contribution in [1.82, 2.24) is 9.62 Å². The number of benzene rings is 2. The molecule has 2 aromatic carbocycles. The molecular weight excluding hydrogens is 408 g/mol. The SMILES string of the molecule is CC[C@@H](NC(=O)C1CCN(S(=O)(=O)c2ccc(Cl)cc2)CC1)c1ccc(C)cc1. The Labute approximate surface area is 178 Å². The Morgan fingerprint density at radius 1 is 1.10 bits per heavy atom. The fraction of sp³-hybridized carbons (Fsp3) is 0.409. The van der Waals surface area contributed by atoms with Gasteiger partial charge in [-0.1, -0.05) is 48.4 Å². The zero-order chi connectivity index (χ0) is 21.0. The number of hydrogen-bond donors (Lipinski definition) is 1. The van der Waals surface area contributed by atoms with E-state index >= 15 is 0 Å². The lowest BCUT2D eigenvalue weighted by Gasteiger charge is -2.31. The number of nitrogens with one attached hydrogen (secondary N) is 1. The number of aryl methyl sites for hydroxylation is 1. The van der Waals surface area contributed by atoms with Gasteiger partial charge in [0.05, 0.1) is 10.9 Å². The van der Waals surface area contributed by atoms with E-state index in [9.17, 15) is 13.2 Å². The summed E-state index contributed by atoms with van der Waals surface area (Å²) in [6, 6.07) is 14.3. The number of hydrogen-bond acceptors (Lipinski definition) is 3.